The van der Waals surface area contributed by atoms with Crippen molar-refractivity contribution in [2.75, 3.05) is 13.7 Å². The second-order valence-electron chi connectivity index (χ2n) is 6.97. The third-order valence-electron chi connectivity index (χ3n) is 3.71. The van der Waals surface area contributed by atoms with Gasteiger partial charge in [-0.2, -0.15) is 0 Å². The smallest absolute Gasteiger partial charge is 0.237 e. The minimum absolute atomic E-state index is 0. The zero-order valence-corrected chi connectivity index (χ0v) is 16.8. The summed E-state index contributed by atoms with van der Waals surface area (Å²) in [6.07, 6.45) is 1.67. The van der Waals surface area contributed by atoms with Gasteiger partial charge in [-0.3, -0.25) is 4.79 Å². The van der Waals surface area contributed by atoms with Gasteiger partial charge in [0.15, 0.2) is 11.5 Å². The SMILES string of the molecule is COc1cc(CNC(=O)[C@@H](N)CC(C)C)ccc1OCCC(C)C.Cl. The van der Waals surface area contributed by atoms with E-state index in [2.05, 4.69) is 33.0 Å². The molecule has 0 radical (unpaired) electrons. The molecule has 6 heteroatoms. The number of rotatable bonds is 10. The Morgan fingerprint density at radius 3 is 2.40 bits per heavy atom. The predicted molar refractivity (Wildman–Crippen MR) is 104 cm³/mol. The first-order chi connectivity index (χ1) is 11.3. The highest BCUT2D eigenvalue weighted by Gasteiger charge is 2.15. The van der Waals surface area contributed by atoms with E-state index in [-0.39, 0.29) is 18.3 Å². The van der Waals surface area contributed by atoms with Crippen LogP contribution in [0.25, 0.3) is 0 Å². The molecule has 0 aromatic heterocycles. The Morgan fingerprint density at radius 1 is 1.16 bits per heavy atom. The Bertz CT molecular complexity index is 521. The van der Waals surface area contributed by atoms with Crippen LogP contribution in [-0.2, 0) is 11.3 Å². The van der Waals surface area contributed by atoms with Crippen LogP contribution in [0.4, 0.5) is 0 Å². The molecule has 0 aliphatic heterocycles. The van der Waals surface area contributed by atoms with Crippen molar-refractivity contribution >= 4 is 18.3 Å². The third kappa shape index (κ3) is 8.98. The summed E-state index contributed by atoms with van der Waals surface area (Å²) in [4.78, 5) is 12.0. The molecule has 0 unspecified atom stereocenters. The molecule has 1 aromatic carbocycles. The van der Waals surface area contributed by atoms with E-state index in [1.807, 2.05) is 18.2 Å². The quantitative estimate of drug-likeness (QED) is 0.658. The second-order valence-corrected chi connectivity index (χ2v) is 6.97. The number of benzene rings is 1. The maximum absolute atomic E-state index is 12.0. The standard InChI is InChI=1S/C19H32N2O3.ClH/c1-13(2)8-9-24-17-7-6-15(11-18(17)23-5)12-21-19(22)16(20)10-14(3)4;/h6-7,11,13-14,16H,8-10,12,20H2,1-5H3,(H,21,22);1H/t16-;/m0./s1. The van der Waals surface area contributed by atoms with Gasteiger partial charge in [-0.15, -0.1) is 12.4 Å². The number of methoxy groups -OCH3 is 1. The van der Waals surface area contributed by atoms with Crippen LogP contribution in [0.5, 0.6) is 11.5 Å². The number of carbonyl (C=O) groups is 1. The Labute approximate surface area is 158 Å². The molecule has 0 fully saturated rings. The van der Waals surface area contributed by atoms with E-state index in [0.29, 0.717) is 37.2 Å². The Balaban J connectivity index is 0.00000576. The van der Waals surface area contributed by atoms with Crippen molar-refractivity contribution in [2.45, 2.75) is 53.1 Å². The minimum Gasteiger partial charge on any atom is -0.493 e. The molecule has 1 atom stereocenters. The molecule has 144 valence electrons. The summed E-state index contributed by atoms with van der Waals surface area (Å²) < 4.78 is 11.2. The molecule has 25 heavy (non-hydrogen) atoms. The molecule has 0 spiro atoms. The van der Waals surface area contributed by atoms with Gasteiger partial charge in [0.05, 0.1) is 19.8 Å². The number of nitrogens with one attached hydrogen (secondary N) is 1. The summed E-state index contributed by atoms with van der Waals surface area (Å²) >= 11 is 0. The van der Waals surface area contributed by atoms with Gasteiger partial charge in [0.1, 0.15) is 0 Å². The Morgan fingerprint density at radius 2 is 1.84 bits per heavy atom. The Hall–Kier alpha value is -1.46. The van der Waals surface area contributed by atoms with Crippen LogP contribution in [0.2, 0.25) is 0 Å². The number of hydrogen-bond acceptors (Lipinski definition) is 4. The molecule has 5 nitrogen and oxygen atoms in total. The highest BCUT2D eigenvalue weighted by atomic mass is 35.5. The van der Waals surface area contributed by atoms with Crippen LogP contribution in [0, 0.1) is 11.8 Å². The number of nitrogens with two attached hydrogens (primary N) is 1. The number of amides is 1. The highest BCUT2D eigenvalue weighted by molar-refractivity contribution is 5.85. The molecule has 1 amide bonds. The fourth-order valence-corrected chi connectivity index (χ4v) is 2.28. The molecule has 3 N–H and O–H groups in total. The van der Waals surface area contributed by atoms with Crippen molar-refractivity contribution < 1.29 is 14.3 Å². The second kappa shape index (κ2) is 12.0. The van der Waals surface area contributed by atoms with E-state index < -0.39 is 6.04 Å². The van der Waals surface area contributed by atoms with Gasteiger partial charge in [0.2, 0.25) is 5.91 Å². The number of carbonyl (C=O) groups excluding carboxylic acids is 1. The van der Waals surface area contributed by atoms with E-state index in [4.69, 9.17) is 15.2 Å². The van der Waals surface area contributed by atoms with Crippen molar-refractivity contribution in [1.82, 2.24) is 5.32 Å². The first-order valence-corrected chi connectivity index (χ1v) is 8.66. The molecule has 0 aliphatic rings. The van der Waals surface area contributed by atoms with Gasteiger partial charge in [0, 0.05) is 6.54 Å². The van der Waals surface area contributed by atoms with Gasteiger partial charge in [-0.05, 0) is 42.4 Å². The number of hydrogen-bond donors (Lipinski definition) is 2. The predicted octanol–water partition coefficient (Wildman–Crippen LogP) is 3.53. The van der Waals surface area contributed by atoms with Crippen molar-refractivity contribution in [2.24, 2.45) is 17.6 Å². The Kier molecular flexibility index (Phi) is 11.3. The van der Waals surface area contributed by atoms with E-state index in [1.54, 1.807) is 7.11 Å². The van der Waals surface area contributed by atoms with Gasteiger partial charge < -0.3 is 20.5 Å². The highest BCUT2D eigenvalue weighted by Crippen LogP contribution is 2.28. The average Bonchev–Trinajstić information content (AvgIpc) is 2.52. The summed E-state index contributed by atoms with van der Waals surface area (Å²) in [6.45, 7) is 9.51. The number of halogens is 1. The summed E-state index contributed by atoms with van der Waals surface area (Å²) in [5, 5.41) is 2.87. The van der Waals surface area contributed by atoms with Crippen molar-refractivity contribution in [1.29, 1.82) is 0 Å². The molecule has 1 aromatic rings. The molecule has 0 saturated heterocycles. The largest absolute Gasteiger partial charge is 0.493 e. The lowest BCUT2D eigenvalue weighted by atomic mass is 10.0. The van der Waals surface area contributed by atoms with E-state index in [9.17, 15) is 4.79 Å². The lowest BCUT2D eigenvalue weighted by Gasteiger charge is -2.15. The summed E-state index contributed by atoms with van der Waals surface area (Å²) in [5.74, 6) is 2.27. The third-order valence-corrected chi connectivity index (χ3v) is 3.71. The van der Waals surface area contributed by atoms with Crippen LogP contribution in [0.1, 0.15) is 46.1 Å². The van der Waals surface area contributed by atoms with Crippen LogP contribution >= 0.6 is 12.4 Å². The lowest BCUT2D eigenvalue weighted by molar-refractivity contribution is -0.122. The van der Waals surface area contributed by atoms with Crippen molar-refractivity contribution in [3.8, 4) is 11.5 Å². The molecule has 0 aliphatic carbocycles. The van der Waals surface area contributed by atoms with E-state index >= 15 is 0 Å². The summed E-state index contributed by atoms with van der Waals surface area (Å²) in [7, 11) is 1.62. The maximum atomic E-state index is 12.0. The van der Waals surface area contributed by atoms with Crippen LogP contribution in [-0.4, -0.2) is 25.7 Å². The van der Waals surface area contributed by atoms with Crippen LogP contribution in [0.3, 0.4) is 0 Å². The molecular formula is C19H33ClN2O3. The fraction of sp³-hybridized carbons (Fsp3) is 0.632. The molecular weight excluding hydrogens is 340 g/mol. The topological polar surface area (TPSA) is 73.6 Å². The van der Waals surface area contributed by atoms with Gasteiger partial charge in [-0.25, -0.2) is 0 Å². The zero-order valence-electron chi connectivity index (χ0n) is 16.0. The fourth-order valence-electron chi connectivity index (χ4n) is 2.28. The maximum Gasteiger partial charge on any atom is 0.237 e. The van der Waals surface area contributed by atoms with Gasteiger partial charge in [-0.1, -0.05) is 33.8 Å². The van der Waals surface area contributed by atoms with Gasteiger partial charge in [0.25, 0.3) is 0 Å². The van der Waals surface area contributed by atoms with Crippen LogP contribution < -0.4 is 20.5 Å². The van der Waals surface area contributed by atoms with Crippen molar-refractivity contribution in [3.05, 3.63) is 23.8 Å². The first kappa shape index (κ1) is 23.5. The normalized spacial score (nSPS) is 11.8. The lowest BCUT2D eigenvalue weighted by Crippen LogP contribution is -2.41. The monoisotopic (exact) mass is 372 g/mol. The molecule has 0 saturated carbocycles. The zero-order chi connectivity index (χ0) is 18.1. The summed E-state index contributed by atoms with van der Waals surface area (Å²) in [5.41, 5.74) is 6.84. The van der Waals surface area contributed by atoms with Gasteiger partial charge >= 0.3 is 0 Å². The molecule has 0 heterocycles. The molecule has 0 bridgehead atoms. The minimum atomic E-state index is -0.467. The molecule has 1 rings (SSSR count). The number of ether oxygens (including phenoxy) is 2. The first-order valence-electron chi connectivity index (χ1n) is 8.66. The van der Waals surface area contributed by atoms with Crippen LogP contribution in [0.15, 0.2) is 18.2 Å². The summed E-state index contributed by atoms with van der Waals surface area (Å²) in [6, 6.07) is 5.24. The van der Waals surface area contributed by atoms with E-state index in [1.165, 1.54) is 0 Å². The van der Waals surface area contributed by atoms with E-state index in [0.717, 1.165) is 17.7 Å². The average molecular weight is 373 g/mol. The van der Waals surface area contributed by atoms with Crippen molar-refractivity contribution in [3.63, 3.8) is 0 Å².